The van der Waals surface area contributed by atoms with E-state index in [2.05, 4.69) is 10.2 Å². The van der Waals surface area contributed by atoms with Crippen LogP contribution in [0.5, 0.6) is 0 Å². The number of carbonyl (C=O) groups excluding carboxylic acids is 1. The summed E-state index contributed by atoms with van der Waals surface area (Å²) in [6.07, 6.45) is 0.220. The molecule has 0 aliphatic carbocycles. The molecule has 0 saturated heterocycles. The van der Waals surface area contributed by atoms with Crippen LogP contribution in [-0.4, -0.2) is 17.2 Å². The van der Waals surface area contributed by atoms with Crippen LogP contribution in [0.15, 0.2) is 52.7 Å². The molecule has 0 radical (unpaired) electrons. The molecule has 0 aliphatic heterocycles. The molecule has 0 heterocycles. The first kappa shape index (κ1) is 18.3. The number of Topliss-reactive ketones (excluding diaryl/α,β-unsaturated/α-hetero) is 1. The van der Waals surface area contributed by atoms with Gasteiger partial charge >= 0.3 is 0 Å². The van der Waals surface area contributed by atoms with Crippen molar-refractivity contribution in [2.45, 2.75) is 20.3 Å². The molecule has 3 nitrogen and oxygen atoms in total. The number of nitrogens with zero attached hydrogens (tertiary/aromatic N) is 2. The molecular weight excluding hydrogens is 350 g/mol. The van der Waals surface area contributed by atoms with Crippen molar-refractivity contribution in [2.75, 3.05) is 0 Å². The Morgan fingerprint density at radius 1 is 1.04 bits per heavy atom. The second-order valence-corrected chi connectivity index (χ2v) is 6.08. The van der Waals surface area contributed by atoms with E-state index < -0.39 is 5.82 Å². The maximum atomic E-state index is 13.8. The highest BCUT2D eigenvalue weighted by Gasteiger charge is 2.10. The summed E-state index contributed by atoms with van der Waals surface area (Å²) < 4.78 is 13.8. The van der Waals surface area contributed by atoms with Crippen molar-refractivity contribution in [1.29, 1.82) is 0 Å². The number of halogens is 3. The van der Waals surface area contributed by atoms with Crippen LogP contribution in [0.3, 0.4) is 0 Å². The van der Waals surface area contributed by atoms with E-state index in [-0.39, 0.29) is 17.9 Å². The Bertz CT molecular complexity index is 794. The average Bonchev–Trinajstić information content (AvgIpc) is 2.56. The molecule has 2 aromatic carbocycles. The Balaban J connectivity index is 2.13. The summed E-state index contributed by atoms with van der Waals surface area (Å²) in [6, 6.07) is 11.0. The lowest BCUT2D eigenvalue weighted by molar-refractivity contribution is 0.106. The Kier molecular flexibility index (Phi) is 6.23. The van der Waals surface area contributed by atoms with Gasteiger partial charge in [-0.25, -0.2) is 4.39 Å². The maximum absolute atomic E-state index is 13.8. The zero-order valence-electron chi connectivity index (χ0n) is 13.2. The van der Waals surface area contributed by atoms with Gasteiger partial charge in [-0.3, -0.25) is 4.79 Å². The molecule has 0 atom stereocenters. The Hall–Kier alpha value is -2.04. The van der Waals surface area contributed by atoms with Gasteiger partial charge in [0.25, 0.3) is 0 Å². The molecule has 0 N–H and O–H groups in total. The molecule has 0 spiro atoms. The Labute approximate surface area is 149 Å². The van der Waals surface area contributed by atoms with E-state index in [1.54, 1.807) is 50.2 Å². The van der Waals surface area contributed by atoms with Gasteiger partial charge in [-0.1, -0.05) is 29.3 Å². The minimum Gasteiger partial charge on any atom is -0.287 e. The molecule has 0 amide bonds. The number of hydrogen-bond donors (Lipinski definition) is 0. The highest BCUT2D eigenvalue weighted by Crippen LogP contribution is 2.19. The number of ketones is 1. The molecule has 0 aliphatic rings. The van der Waals surface area contributed by atoms with Gasteiger partial charge in [0.15, 0.2) is 0 Å². The van der Waals surface area contributed by atoms with Crippen LogP contribution >= 0.6 is 23.2 Å². The molecule has 2 aromatic rings. The van der Waals surface area contributed by atoms with Crippen molar-refractivity contribution in [1.82, 2.24) is 0 Å². The first-order chi connectivity index (χ1) is 11.4. The summed E-state index contributed by atoms with van der Waals surface area (Å²) in [6.45, 7) is 3.27. The summed E-state index contributed by atoms with van der Waals surface area (Å²) in [4.78, 5) is 12.2. The standard InChI is InChI=1S/C18H15Cl2FN2O/c1-11(10-15-16(20)4-3-5-17(15)21)22-23-12(2)18(24)13-6-8-14(19)9-7-13/h3-9H,10H2,1-2H3. The maximum Gasteiger partial charge on any atom is 0.208 e. The third-order valence-electron chi connectivity index (χ3n) is 3.30. The van der Waals surface area contributed by atoms with Gasteiger partial charge in [0.2, 0.25) is 5.78 Å². The monoisotopic (exact) mass is 364 g/mol. The van der Waals surface area contributed by atoms with Crippen molar-refractivity contribution in [3.63, 3.8) is 0 Å². The molecule has 0 unspecified atom stereocenters. The van der Waals surface area contributed by atoms with Gasteiger partial charge in [-0.05, 0) is 50.2 Å². The van der Waals surface area contributed by atoms with Crippen molar-refractivity contribution >= 4 is 40.4 Å². The summed E-state index contributed by atoms with van der Waals surface area (Å²) in [5, 5.41) is 8.82. The highest BCUT2D eigenvalue weighted by molar-refractivity contribution is 6.45. The van der Waals surface area contributed by atoms with E-state index in [1.165, 1.54) is 6.07 Å². The number of carbonyl (C=O) groups is 1. The van der Waals surface area contributed by atoms with Crippen LogP contribution in [0.2, 0.25) is 10.0 Å². The molecule has 6 heteroatoms. The predicted molar refractivity (Wildman–Crippen MR) is 97.1 cm³/mol. The quantitative estimate of drug-likeness (QED) is 0.398. The van der Waals surface area contributed by atoms with Gasteiger partial charge in [0.05, 0.1) is 0 Å². The van der Waals surface area contributed by atoms with E-state index >= 15 is 0 Å². The van der Waals surface area contributed by atoms with Crippen molar-refractivity contribution in [3.8, 4) is 0 Å². The predicted octanol–water partition coefficient (Wildman–Crippen LogP) is 5.39. The molecule has 2 rings (SSSR count). The van der Waals surface area contributed by atoms with Crippen LogP contribution in [0.25, 0.3) is 0 Å². The van der Waals surface area contributed by atoms with Gasteiger partial charge in [0.1, 0.15) is 11.5 Å². The van der Waals surface area contributed by atoms with Crippen LogP contribution in [0.4, 0.5) is 4.39 Å². The van der Waals surface area contributed by atoms with Gasteiger partial charge in [-0.15, -0.1) is 0 Å². The number of benzene rings is 2. The molecular formula is C18H15Cl2FN2O. The van der Waals surface area contributed by atoms with E-state index in [0.29, 0.717) is 26.9 Å². The third kappa shape index (κ3) is 4.73. The SMILES string of the molecule is CC(Cc1c(F)cccc1Cl)=NN=C(C)C(=O)c1ccc(Cl)cc1. The second-order valence-electron chi connectivity index (χ2n) is 5.23. The summed E-state index contributed by atoms with van der Waals surface area (Å²) in [5.74, 6) is -0.637. The molecule has 124 valence electrons. The smallest absolute Gasteiger partial charge is 0.208 e. The summed E-state index contributed by atoms with van der Waals surface area (Å²) in [7, 11) is 0. The van der Waals surface area contributed by atoms with Crippen LogP contribution < -0.4 is 0 Å². The highest BCUT2D eigenvalue weighted by atomic mass is 35.5. The summed E-state index contributed by atoms with van der Waals surface area (Å²) in [5.41, 5.74) is 1.62. The van der Waals surface area contributed by atoms with Crippen LogP contribution in [0.1, 0.15) is 29.8 Å². The molecule has 0 aromatic heterocycles. The fourth-order valence-corrected chi connectivity index (χ4v) is 2.36. The van der Waals surface area contributed by atoms with Crippen molar-refractivity contribution in [2.24, 2.45) is 10.2 Å². The van der Waals surface area contributed by atoms with Gasteiger partial charge < -0.3 is 0 Å². The first-order valence-electron chi connectivity index (χ1n) is 7.19. The van der Waals surface area contributed by atoms with E-state index in [9.17, 15) is 9.18 Å². The second kappa shape index (κ2) is 8.18. The number of hydrogen-bond acceptors (Lipinski definition) is 3. The third-order valence-corrected chi connectivity index (χ3v) is 3.91. The Morgan fingerprint density at radius 3 is 2.33 bits per heavy atom. The number of rotatable bonds is 5. The lowest BCUT2D eigenvalue weighted by Gasteiger charge is -2.04. The van der Waals surface area contributed by atoms with Gasteiger partial charge in [0, 0.05) is 33.3 Å². The first-order valence-corrected chi connectivity index (χ1v) is 7.95. The summed E-state index contributed by atoms with van der Waals surface area (Å²) >= 11 is 11.8. The van der Waals surface area contributed by atoms with Crippen LogP contribution in [-0.2, 0) is 6.42 Å². The molecule has 24 heavy (non-hydrogen) atoms. The topological polar surface area (TPSA) is 41.8 Å². The Morgan fingerprint density at radius 2 is 1.71 bits per heavy atom. The van der Waals surface area contributed by atoms with E-state index in [0.717, 1.165) is 0 Å². The molecule has 0 saturated carbocycles. The fourth-order valence-electron chi connectivity index (χ4n) is 2.01. The average molecular weight is 365 g/mol. The minimum atomic E-state index is -0.394. The van der Waals surface area contributed by atoms with E-state index in [4.69, 9.17) is 23.2 Å². The largest absolute Gasteiger partial charge is 0.287 e. The fraction of sp³-hybridized carbons (Fsp3) is 0.167. The van der Waals surface area contributed by atoms with Crippen LogP contribution in [0, 0.1) is 5.82 Å². The van der Waals surface area contributed by atoms with Crippen molar-refractivity contribution < 1.29 is 9.18 Å². The lowest BCUT2D eigenvalue weighted by atomic mass is 10.1. The van der Waals surface area contributed by atoms with E-state index in [1.807, 2.05) is 0 Å². The zero-order valence-corrected chi connectivity index (χ0v) is 14.7. The van der Waals surface area contributed by atoms with Gasteiger partial charge in [-0.2, -0.15) is 10.2 Å². The van der Waals surface area contributed by atoms with Crippen molar-refractivity contribution in [3.05, 3.63) is 69.5 Å². The lowest BCUT2D eigenvalue weighted by Crippen LogP contribution is -2.10. The minimum absolute atomic E-state index is 0.220. The molecule has 0 bridgehead atoms. The zero-order chi connectivity index (χ0) is 17.7. The molecule has 0 fully saturated rings. The normalized spacial score (nSPS) is 12.4.